The Morgan fingerprint density at radius 3 is 2.24 bits per heavy atom. The number of unbranched alkanes of at least 4 members (excludes halogenated alkanes) is 7. The normalized spacial score (nSPS) is 10.3. The minimum Gasteiger partial charge on any atom is -0.478 e. The van der Waals surface area contributed by atoms with Crippen molar-refractivity contribution in [1.82, 2.24) is 9.97 Å². The topological polar surface area (TPSA) is 75.1 Å². The van der Waals surface area contributed by atoms with Crippen molar-refractivity contribution in [2.24, 2.45) is 0 Å². The SMILES string of the molecule is C=CCCCCCCCCCNc1ncc(C(=O)O)cn1. The molecule has 1 aromatic heterocycles. The van der Waals surface area contributed by atoms with Crippen molar-refractivity contribution >= 4 is 11.9 Å². The van der Waals surface area contributed by atoms with Crippen molar-refractivity contribution in [3.8, 4) is 0 Å². The number of nitrogens with zero attached hydrogens (tertiary/aromatic N) is 2. The van der Waals surface area contributed by atoms with Crippen LogP contribution in [0.1, 0.15) is 61.7 Å². The summed E-state index contributed by atoms with van der Waals surface area (Å²) in [5.74, 6) is -0.515. The molecule has 0 aliphatic heterocycles. The van der Waals surface area contributed by atoms with Gasteiger partial charge in [0.15, 0.2) is 0 Å². The van der Waals surface area contributed by atoms with Crippen LogP contribution in [-0.2, 0) is 0 Å². The maximum atomic E-state index is 10.7. The largest absolute Gasteiger partial charge is 0.478 e. The Morgan fingerprint density at radius 1 is 1.10 bits per heavy atom. The second-order valence-corrected chi connectivity index (χ2v) is 5.08. The molecular weight excluding hydrogens is 266 g/mol. The molecular formula is C16H25N3O2. The maximum Gasteiger partial charge on any atom is 0.338 e. The standard InChI is InChI=1S/C16H25N3O2/c1-2-3-4-5-6-7-8-9-10-11-17-16-18-12-14(13-19-16)15(20)21/h2,12-13H,1,3-11H2,(H,20,21)(H,17,18,19). The zero-order valence-corrected chi connectivity index (χ0v) is 12.6. The number of carbonyl (C=O) groups is 1. The molecule has 1 aromatic rings. The highest BCUT2D eigenvalue weighted by Gasteiger charge is 2.03. The molecule has 1 heterocycles. The van der Waals surface area contributed by atoms with Crippen LogP contribution in [0.2, 0.25) is 0 Å². The summed E-state index contributed by atoms with van der Waals surface area (Å²) >= 11 is 0. The number of hydrogen-bond donors (Lipinski definition) is 2. The Hall–Kier alpha value is -1.91. The van der Waals surface area contributed by atoms with E-state index < -0.39 is 5.97 Å². The molecule has 0 atom stereocenters. The fourth-order valence-corrected chi connectivity index (χ4v) is 2.03. The molecule has 2 N–H and O–H groups in total. The minimum absolute atomic E-state index is 0.108. The van der Waals surface area contributed by atoms with Gasteiger partial charge in [-0.05, 0) is 19.3 Å². The Labute approximate surface area is 126 Å². The van der Waals surface area contributed by atoms with E-state index in [0.717, 1.165) is 19.4 Å². The monoisotopic (exact) mass is 291 g/mol. The summed E-state index contributed by atoms with van der Waals surface area (Å²) in [4.78, 5) is 18.6. The zero-order valence-electron chi connectivity index (χ0n) is 12.6. The van der Waals surface area contributed by atoms with E-state index in [4.69, 9.17) is 5.11 Å². The quantitative estimate of drug-likeness (QED) is 0.451. The Balaban J connectivity index is 1.99. The smallest absolute Gasteiger partial charge is 0.338 e. The lowest BCUT2D eigenvalue weighted by Gasteiger charge is -2.05. The summed E-state index contributed by atoms with van der Waals surface area (Å²) in [6, 6.07) is 0. The second-order valence-electron chi connectivity index (χ2n) is 5.08. The fraction of sp³-hybridized carbons (Fsp3) is 0.562. The van der Waals surface area contributed by atoms with Crippen LogP contribution in [0.4, 0.5) is 5.95 Å². The first-order chi connectivity index (χ1) is 10.2. The Bertz CT molecular complexity index is 418. The predicted molar refractivity (Wildman–Crippen MR) is 84.6 cm³/mol. The molecule has 0 saturated carbocycles. The first-order valence-corrected chi connectivity index (χ1v) is 7.64. The fourth-order valence-electron chi connectivity index (χ4n) is 2.03. The van der Waals surface area contributed by atoms with E-state index in [1.165, 1.54) is 50.9 Å². The van der Waals surface area contributed by atoms with Gasteiger partial charge >= 0.3 is 5.97 Å². The summed E-state index contributed by atoms with van der Waals surface area (Å²) in [6.45, 7) is 4.54. The molecule has 0 aliphatic carbocycles. The average Bonchev–Trinajstić information content (AvgIpc) is 2.49. The van der Waals surface area contributed by atoms with Gasteiger partial charge in [-0.3, -0.25) is 0 Å². The van der Waals surface area contributed by atoms with Gasteiger partial charge in [0.25, 0.3) is 0 Å². The molecule has 0 radical (unpaired) electrons. The third-order valence-corrected chi connectivity index (χ3v) is 3.27. The minimum atomic E-state index is -1.00. The van der Waals surface area contributed by atoms with Gasteiger partial charge in [0.2, 0.25) is 5.95 Å². The van der Waals surface area contributed by atoms with E-state index in [1.54, 1.807) is 0 Å². The van der Waals surface area contributed by atoms with Crippen molar-refractivity contribution in [3.05, 3.63) is 30.6 Å². The molecule has 0 aromatic carbocycles. The number of carboxylic acids is 1. The summed E-state index contributed by atoms with van der Waals surface area (Å²) < 4.78 is 0. The van der Waals surface area contributed by atoms with E-state index in [1.807, 2.05) is 6.08 Å². The number of aromatic carboxylic acids is 1. The Morgan fingerprint density at radius 2 is 1.67 bits per heavy atom. The van der Waals surface area contributed by atoms with Crippen molar-refractivity contribution in [1.29, 1.82) is 0 Å². The van der Waals surface area contributed by atoms with E-state index in [-0.39, 0.29) is 5.56 Å². The number of anilines is 1. The molecule has 5 nitrogen and oxygen atoms in total. The highest BCUT2D eigenvalue weighted by atomic mass is 16.4. The molecule has 21 heavy (non-hydrogen) atoms. The van der Waals surface area contributed by atoms with E-state index in [9.17, 15) is 4.79 Å². The van der Waals surface area contributed by atoms with Crippen molar-refractivity contribution in [2.75, 3.05) is 11.9 Å². The molecule has 0 bridgehead atoms. The number of allylic oxidation sites excluding steroid dienone is 1. The number of rotatable bonds is 12. The number of hydrogen-bond acceptors (Lipinski definition) is 4. The van der Waals surface area contributed by atoms with Crippen molar-refractivity contribution in [3.63, 3.8) is 0 Å². The Kier molecular flexibility index (Phi) is 8.84. The van der Waals surface area contributed by atoms with E-state index in [2.05, 4.69) is 21.9 Å². The summed E-state index contributed by atoms with van der Waals surface area (Å²) in [5, 5.41) is 11.8. The van der Waals surface area contributed by atoms with Gasteiger partial charge in [-0.15, -0.1) is 6.58 Å². The number of aromatic nitrogens is 2. The van der Waals surface area contributed by atoms with Gasteiger partial charge < -0.3 is 10.4 Å². The lowest BCUT2D eigenvalue weighted by Crippen LogP contribution is -2.07. The summed E-state index contributed by atoms with van der Waals surface area (Å²) in [5.41, 5.74) is 0.108. The molecule has 0 saturated heterocycles. The van der Waals surface area contributed by atoms with E-state index in [0.29, 0.717) is 5.95 Å². The van der Waals surface area contributed by atoms with E-state index >= 15 is 0 Å². The molecule has 0 amide bonds. The van der Waals surface area contributed by atoms with Gasteiger partial charge in [0.1, 0.15) is 0 Å². The average molecular weight is 291 g/mol. The van der Waals surface area contributed by atoms with Crippen LogP contribution in [0.3, 0.4) is 0 Å². The summed E-state index contributed by atoms with van der Waals surface area (Å²) in [6.07, 6.45) is 14.4. The van der Waals surface area contributed by atoms with Gasteiger partial charge in [-0.2, -0.15) is 0 Å². The van der Waals surface area contributed by atoms with Crippen LogP contribution < -0.4 is 5.32 Å². The van der Waals surface area contributed by atoms with Crippen LogP contribution in [-0.4, -0.2) is 27.6 Å². The highest BCUT2D eigenvalue weighted by Crippen LogP contribution is 2.09. The van der Waals surface area contributed by atoms with Crippen LogP contribution in [0.15, 0.2) is 25.0 Å². The predicted octanol–water partition coefficient (Wildman–Crippen LogP) is 3.89. The van der Waals surface area contributed by atoms with Gasteiger partial charge in [-0.1, -0.05) is 38.2 Å². The molecule has 116 valence electrons. The zero-order chi connectivity index (χ0) is 15.3. The van der Waals surface area contributed by atoms with Gasteiger partial charge in [0, 0.05) is 18.9 Å². The van der Waals surface area contributed by atoms with Gasteiger partial charge in [0.05, 0.1) is 5.56 Å². The lowest BCUT2D eigenvalue weighted by atomic mass is 10.1. The maximum absolute atomic E-state index is 10.7. The summed E-state index contributed by atoms with van der Waals surface area (Å²) in [7, 11) is 0. The molecule has 0 aliphatic rings. The molecule has 0 spiro atoms. The molecule has 0 fully saturated rings. The number of nitrogens with one attached hydrogen (secondary N) is 1. The third kappa shape index (κ3) is 8.07. The molecule has 0 unspecified atom stereocenters. The highest BCUT2D eigenvalue weighted by molar-refractivity contribution is 5.86. The van der Waals surface area contributed by atoms with Crippen molar-refractivity contribution in [2.45, 2.75) is 51.4 Å². The first kappa shape index (κ1) is 17.1. The third-order valence-electron chi connectivity index (χ3n) is 3.27. The number of carboxylic acid groups (broad SMARTS) is 1. The molecule has 1 rings (SSSR count). The van der Waals surface area contributed by atoms with Crippen LogP contribution in [0.5, 0.6) is 0 Å². The van der Waals surface area contributed by atoms with Crippen LogP contribution in [0, 0.1) is 0 Å². The van der Waals surface area contributed by atoms with Crippen LogP contribution >= 0.6 is 0 Å². The second kappa shape index (κ2) is 10.8. The van der Waals surface area contributed by atoms with Crippen LogP contribution in [0.25, 0.3) is 0 Å². The molecule has 5 heteroatoms. The first-order valence-electron chi connectivity index (χ1n) is 7.64. The van der Waals surface area contributed by atoms with Crippen molar-refractivity contribution < 1.29 is 9.90 Å². The van der Waals surface area contributed by atoms with Gasteiger partial charge in [-0.25, -0.2) is 14.8 Å². The lowest BCUT2D eigenvalue weighted by molar-refractivity contribution is 0.0696.